The van der Waals surface area contributed by atoms with Crippen LogP contribution in [0.2, 0.25) is 0 Å². The molecule has 0 radical (unpaired) electrons. The first-order valence-corrected chi connectivity index (χ1v) is 9.63. The molecule has 0 atom stereocenters. The zero-order chi connectivity index (χ0) is 14.8. The Morgan fingerprint density at radius 2 is 2.15 bits per heavy atom. The summed E-state index contributed by atoms with van der Waals surface area (Å²) in [4.78, 5) is 0.105. The molecule has 4 nitrogen and oxygen atoms in total. The Kier molecular flexibility index (Phi) is 4.88. The van der Waals surface area contributed by atoms with Gasteiger partial charge in [-0.3, -0.25) is 0 Å². The van der Waals surface area contributed by atoms with Crippen molar-refractivity contribution in [2.75, 3.05) is 18.6 Å². The summed E-state index contributed by atoms with van der Waals surface area (Å²) < 4.78 is 30.7. The SMILES string of the molecule is CCSCCn1cc(S(=O)(=O)Cl)c2c(OC)cccc21. The molecule has 0 saturated carbocycles. The van der Waals surface area contributed by atoms with Crippen LogP contribution in [0.15, 0.2) is 29.3 Å². The molecular formula is C13H16ClNO3S2. The molecule has 7 heteroatoms. The van der Waals surface area contributed by atoms with Gasteiger partial charge in [-0.1, -0.05) is 13.0 Å². The van der Waals surface area contributed by atoms with Crippen LogP contribution in [0.5, 0.6) is 5.75 Å². The highest BCUT2D eigenvalue weighted by Crippen LogP contribution is 2.35. The highest BCUT2D eigenvalue weighted by Gasteiger charge is 2.21. The number of hydrogen-bond acceptors (Lipinski definition) is 4. The molecule has 0 amide bonds. The average molecular weight is 334 g/mol. The molecule has 1 heterocycles. The number of halogens is 1. The van der Waals surface area contributed by atoms with E-state index in [9.17, 15) is 8.42 Å². The van der Waals surface area contributed by atoms with Crippen molar-refractivity contribution in [3.05, 3.63) is 24.4 Å². The highest BCUT2D eigenvalue weighted by atomic mass is 35.7. The van der Waals surface area contributed by atoms with Crippen LogP contribution in [0, 0.1) is 0 Å². The van der Waals surface area contributed by atoms with E-state index >= 15 is 0 Å². The van der Waals surface area contributed by atoms with Gasteiger partial charge in [-0.15, -0.1) is 0 Å². The third-order valence-corrected chi connectivity index (χ3v) is 5.21. The lowest BCUT2D eigenvalue weighted by Gasteiger charge is -2.06. The van der Waals surface area contributed by atoms with Gasteiger partial charge < -0.3 is 9.30 Å². The Morgan fingerprint density at radius 1 is 1.40 bits per heavy atom. The van der Waals surface area contributed by atoms with Crippen LogP contribution in [0.1, 0.15) is 6.92 Å². The van der Waals surface area contributed by atoms with Crippen molar-refractivity contribution in [2.45, 2.75) is 18.4 Å². The summed E-state index contributed by atoms with van der Waals surface area (Å²) in [6.07, 6.45) is 1.59. The van der Waals surface area contributed by atoms with Crippen LogP contribution in [0.25, 0.3) is 10.9 Å². The second kappa shape index (κ2) is 6.28. The summed E-state index contributed by atoms with van der Waals surface area (Å²) in [6.45, 7) is 2.82. The molecule has 0 aliphatic heterocycles. The van der Waals surface area contributed by atoms with Crippen molar-refractivity contribution in [2.24, 2.45) is 0 Å². The Bertz CT molecular complexity index is 710. The Balaban J connectivity index is 2.61. The molecule has 2 aromatic rings. The van der Waals surface area contributed by atoms with Crippen molar-refractivity contribution < 1.29 is 13.2 Å². The second-order valence-electron chi connectivity index (χ2n) is 4.18. The third kappa shape index (κ3) is 3.07. The van der Waals surface area contributed by atoms with Gasteiger partial charge in [0.05, 0.1) is 18.0 Å². The summed E-state index contributed by atoms with van der Waals surface area (Å²) in [5.74, 6) is 2.46. The first kappa shape index (κ1) is 15.5. The van der Waals surface area contributed by atoms with Crippen molar-refractivity contribution in [3.8, 4) is 5.75 Å². The second-order valence-corrected chi connectivity index (χ2v) is 8.10. The standard InChI is InChI=1S/C13H16ClNO3S2/c1-3-19-8-7-15-9-12(20(14,16)17)13-10(15)5-4-6-11(13)18-2/h4-6,9H,3,7-8H2,1-2H3. The van der Waals surface area contributed by atoms with Crippen molar-refractivity contribution >= 4 is 42.4 Å². The molecule has 0 saturated heterocycles. The third-order valence-electron chi connectivity index (χ3n) is 3.00. The Morgan fingerprint density at radius 3 is 2.75 bits per heavy atom. The predicted octanol–water partition coefficient (Wildman–Crippen LogP) is 3.33. The maximum Gasteiger partial charge on any atom is 0.263 e. The minimum absolute atomic E-state index is 0.105. The highest BCUT2D eigenvalue weighted by molar-refractivity contribution is 8.14. The molecule has 0 aliphatic carbocycles. The van der Waals surface area contributed by atoms with Crippen molar-refractivity contribution in [3.63, 3.8) is 0 Å². The average Bonchev–Trinajstić information content (AvgIpc) is 2.78. The summed E-state index contributed by atoms with van der Waals surface area (Å²) >= 11 is 1.80. The Hall–Kier alpha value is -0.850. The number of rotatable bonds is 6. The normalized spacial score (nSPS) is 11.9. The zero-order valence-corrected chi connectivity index (χ0v) is 13.7. The van der Waals surface area contributed by atoms with E-state index in [1.54, 1.807) is 24.0 Å². The lowest BCUT2D eigenvalue weighted by molar-refractivity contribution is 0.419. The number of ether oxygens (including phenoxy) is 1. The predicted molar refractivity (Wildman–Crippen MR) is 84.5 cm³/mol. The molecular weight excluding hydrogens is 318 g/mol. The van der Waals surface area contributed by atoms with Gasteiger partial charge in [0, 0.05) is 29.2 Å². The zero-order valence-electron chi connectivity index (χ0n) is 11.3. The number of hydrogen-bond donors (Lipinski definition) is 0. The van der Waals surface area contributed by atoms with E-state index in [1.165, 1.54) is 7.11 Å². The molecule has 1 aromatic carbocycles. The number of nitrogens with zero attached hydrogens (tertiary/aromatic N) is 1. The van der Waals surface area contributed by atoms with Crippen molar-refractivity contribution in [1.29, 1.82) is 0 Å². The van der Waals surface area contributed by atoms with Gasteiger partial charge in [0.15, 0.2) is 0 Å². The number of methoxy groups -OCH3 is 1. The minimum Gasteiger partial charge on any atom is -0.496 e. The van der Waals surface area contributed by atoms with E-state index in [4.69, 9.17) is 15.4 Å². The fourth-order valence-electron chi connectivity index (χ4n) is 2.13. The number of aromatic nitrogens is 1. The molecule has 0 fully saturated rings. The van der Waals surface area contributed by atoms with Gasteiger partial charge in [0.2, 0.25) is 0 Å². The lowest BCUT2D eigenvalue weighted by Crippen LogP contribution is -1.99. The summed E-state index contributed by atoms with van der Waals surface area (Å²) in [5.41, 5.74) is 0.820. The fourth-order valence-corrected chi connectivity index (χ4v) is 3.80. The Labute approximate surface area is 127 Å². The maximum atomic E-state index is 11.7. The smallest absolute Gasteiger partial charge is 0.263 e. The molecule has 2 rings (SSSR count). The van der Waals surface area contributed by atoms with Crippen LogP contribution in [0.4, 0.5) is 0 Å². The number of thioether (sulfide) groups is 1. The molecule has 0 bridgehead atoms. The largest absolute Gasteiger partial charge is 0.496 e. The van der Waals surface area contributed by atoms with E-state index in [-0.39, 0.29) is 4.90 Å². The first-order chi connectivity index (χ1) is 9.49. The van der Waals surface area contributed by atoms with Gasteiger partial charge in [-0.2, -0.15) is 11.8 Å². The molecule has 0 N–H and O–H groups in total. The lowest BCUT2D eigenvalue weighted by atomic mass is 10.2. The molecule has 0 aliphatic rings. The number of fused-ring (bicyclic) bond motifs is 1. The van der Waals surface area contributed by atoms with Gasteiger partial charge in [0.25, 0.3) is 9.05 Å². The van der Waals surface area contributed by atoms with Gasteiger partial charge in [-0.25, -0.2) is 8.42 Å². The molecule has 0 spiro atoms. The van der Waals surface area contributed by atoms with Crippen LogP contribution in [-0.2, 0) is 15.6 Å². The van der Waals surface area contributed by atoms with E-state index in [0.29, 0.717) is 11.1 Å². The van der Waals surface area contributed by atoms with E-state index < -0.39 is 9.05 Å². The van der Waals surface area contributed by atoms with Gasteiger partial charge >= 0.3 is 0 Å². The van der Waals surface area contributed by atoms with Crippen LogP contribution in [0.3, 0.4) is 0 Å². The van der Waals surface area contributed by atoms with Crippen LogP contribution >= 0.6 is 22.4 Å². The fraction of sp³-hybridized carbons (Fsp3) is 0.385. The molecule has 0 unspecified atom stereocenters. The van der Waals surface area contributed by atoms with Crippen molar-refractivity contribution in [1.82, 2.24) is 4.57 Å². The van der Waals surface area contributed by atoms with E-state index in [1.807, 2.05) is 16.7 Å². The van der Waals surface area contributed by atoms with Crippen LogP contribution < -0.4 is 4.74 Å². The summed E-state index contributed by atoms with van der Waals surface area (Å²) in [5, 5.41) is 0.548. The first-order valence-electron chi connectivity index (χ1n) is 6.17. The maximum absolute atomic E-state index is 11.7. The van der Waals surface area contributed by atoms with Crippen LogP contribution in [-0.4, -0.2) is 31.6 Å². The topological polar surface area (TPSA) is 48.3 Å². The molecule has 20 heavy (non-hydrogen) atoms. The quantitative estimate of drug-likeness (QED) is 0.601. The van der Waals surface area contributed by atoms with Gasteiger partial charge in [0.1, 0.15) is 10.6 Å². The monoisotopic (exact) mass is 333 g/mol. The number of benzene rings is 1. The molecule has 1 aromatic heterocycles. The van der Waals surface area contributed by atoms with Gasteiger partial charge in [-0.05, 0) is 17.9 Å². The number of aryl methyl sites for hydroxylation is 1. The minimum atomic E-state index is -3.81. The van der Waals surface area contributed by atoms with E-state index in [0.717, 1.165) is 23.6 Å². The molecule has 110 valence electrons. The summed E-state index contributed by atoms with van der Waals surface area (Å²) in [6, 6.07) is 5.45. The summed E-state index contributed by atoms with van der Waals surface area (Å²) in [7, 11) is 3.25. The van der Waals surface area contributed by atoms with E-state index in [2.05, 4.69) is 6.92 Å².